The number of hydrogen-bond acceptors (Lipinski definition) is 6. The highest BCUT2D eigenvalue weighted by Gasteiger charge is 2.41. The SMILES string of the molecule is CN1CCCN(C(=O)C2CCCCN2S(=O)(=O)c2ccccc2)c2nc3ccccc3nc21. The summed E-state index contributed by atoms with van der Waals surface area (Å²) in [5, 5.41) is 0. The highest BCUT2D eigenvalue weighted by Crippen LogP contribution is 2.33. The Hall–Kier alpha value is -3.04. The lowest BCUT2D eigenvalue weighted by Crippen LogP contribution is -2.53. The van der Waals surface area contributed by atoms with E-state index in [1.807, 2.05) is 36.2 Å². The van der Waals surface area contributed by atoms with Crippen LogP contribution < -0.4 is 9.80 Å². The zero-order valence-corrected chi connectivity index (χ0v) is 19.4. The molecule has 1 aromatic heterocycles. The number of carbonyl (C=O) groups is 1. The Bertz CT molecular complexity index is 1280. The highest BCUT2D eigenvalue weighted by molar-refractivity contribution is 7.89. The van der Waals surface area contributed by atoms with Gasteiger partial charge in [-0.05, 0) is 43.5 Å². The number of carbonyl (C=O) groups excluding carboxylic acids is 1. The van der Waals surface area contributed by atoms with Gasteiger partial charge in [0.15, 0.2) is 11.6 Å². The fourth-order valence-electron chi connectivity index (χ4n) is 4.66. The number of hydrogen-bond donors (Lipinski definition) is 0. The van der Waals surface area contributed by atoms with Crippen LogP contribution in [-0.4, -0.2) is 61.3 Å². The quantitative estimate of drug-likeness (QED) is 0.591. The predicted molar refractivity (Wildman–Crippen MR) is 128 cm³/mol. The summed E-state index contributed by atoms with van der Waals surface area (Å²) in [5.74, 6) is 0.921. The van der Waals surface area contributed by atoms with E-state index in [0.717, 1.165) is 31.3 Å². The first-order chi connectivity index (χ1) is 16.0. The summed E-state index contributed by atoms with van der Waals surface area (Å²) in [7, 11) is -1.84. The summed E-state index contributed by atoms with van der Waals surface area (Å²) in [6, 6.07) is 15.2. The van der Waals surface area contributed by atoms with Crippen molar-refractivity contribution in [2.24, 2.45) is 0 Å². The van der Waals surface area contributed by atoms with Crippen molar-refractivity contribution in [1.82, 2.24) is 14.3 Å². The van der Waals surface area contributed by atoms with Crippen LogP contribution >= 0.6 is 0 Å². The van der Waals surface area contributed by atoms with Crippen molar-refractivity contribution in [3.05, 3.63) is 54.6 Å². The van der Waals surface area contributed by atoms with Gasteiger partial charge in [0.25, 0.3) is 0 Å². The molecule has 2 aliphatic rings. The fraction of sp³-hybridized carbons (Fsp3) is 0.375. The van der Waals surface area contributed by atoms with Crippen LogP contribution in [0, 0.1) is 0 Å². The number of sulfonamides is 1. The van der Waals surface area contributed by atoms with Gasteiger partial charge < -0.3 is 4.90 Å². The lowest BCUT2D eigenvalue weighted by atomic mass is 10.0. The Morgan fingerprint density at radius 1 is 0.848 bits per heavy atom. The summed E-state index contributed by atoms with van der Waals surface area (Å²) in [6.45, 7) is 1.54. The van der Waals surface area contributed by atoms with Crippen molar-refractivity contribution >= 4 is 38.6 Å². The van der Waals surface area contributed by atoms with Crippen LogP contribution in [0.15, 0.2) is 59.5 Å². The minimum Gasteiger partial charge on any atom is -0.357 e. The Morgan fingerprint density at radius 3 is 2.24 bits per heavy atom. The second-order valence-electron chi connectivity index (χ2n) is 8.56. The van der Waals surface area contributed by atoms with Crippen molar-refractivity contribution < 1.29 is 13.2 Å². The summed E-state index contributed by atoms with van der Waals surface area (Å²) in [4.78, 5) is 27.4. The van der Waals surface area contributed by atoms with Gasteiger partial charge in [-0.2, -0.15) is 4.31 Å². The first-order valence-corrected chi connectivity index (χ1v) is 12.8. The minimum atomic E-state index is -3.79. The minimum absolute atomic E-state index is 0.214. The third kappa shape index (κ3) is 3.95. The molecule has 1 atom stereocenters. The molecule has 3 heterocycles. The largest absolute Gasteiger partial charge is 0.357 e. The van der Waals surface area contributed by atoms with Crippen LogP contribution in [0.2, 0.25) is 0 Å². The van der Waals surface area contributed by atoms with Gasteiger partial charge in [-0.25, -0.2) is 18.4 Å². The van der Waals surface area contributed by atoms with Gasteiger partial charge in [0.1, 0.15) is 6.04 Å². The molecule has 0 spiro atoms. The second kappa shape index (κ2) is 8.72. The lowest BCUT2D eigenvalue weighted by molar-refractivity contribution is -0.123. The van der Waals surface area contributed by atoms with Crippen LogP contribution in [0.25, 0.3) is 11.0 Å². The summed E-state index contributed by atoms with van der Waals surface area (Å²) in [6.07, 6.45) is 2.78. The van der Waals surface area contributed by atoms with Gasteiger partial charge in [0, 0.05) is 26.7 Å². The maximum Gasteiger partial charge on any atom is 0.246 e. The van der Waals surface area contributed by atoms with Gasteiger partial charge >= 0.3 is 0 Å². The molecule has 0 saturated carbocycles. The molecule has 33 heavy (non-hydrogen) atoms. The third-order valence-electron chi connectivity index (χ3n) is 6.38. The van der Waals surface area contributed by atoms with E-state index in [0.29, 0.717) is 36.7 Å². The Balaban J connectivity index is 1.55. The predicted octanol–water partition coefficient (Wildman–Crippen LogP) is 3.05. The second-order valence-corrected chi connectivity index (χ2v) is 10.5. The maximum atomic E-state index is 13.9. The highest BCUT2D eigenvalue weighted by atomic mass is 32.2. The van der Waals surface area contributed by atoms with Gasteiger partial charge in [0.05, 0.1) is 15.9 Å². The number of para-hydroxylation sites is 2. The van der Waals surface area contributed by atoms with E-state index in [-0.39, 0.29) is 10.8 Å². The molecule has 8 nitrogen and oxygen atoms in total. The van der Waals surface area contributed by atoms with E-state index in [1.165, 1.54) is 4.31 Å². The van der Waals surface area contributed by atoms with Crippen LogP contribution in [0.3, 0.4) is 0 Å². The van der Waals surface area contributed by atoms with Crippen LogP contribution in [-0.2, 0) is 14.8 Å². The fourth-order valence-corrected chi connectivity index (χ4v) is 6.33. The van der Waals surface area contributed by atoms with Crippen molar-refractivity contribution in [3.63, 3.8) is 0 Å². The molecule has 2 aromatic carbocycles. The molecule has 9 heteroatoms. The topological polar surface area (TPSA) is 86.7 Å². The molecule has 1 unspecified atom stereocenters. The van der Waals surface area contributed by atoms with E-state index in [1.54, 1.807) is 35.2 Å². The molecule has 0 N–H and O–H groups in total. The van der Waals surface area contributed by atoms with Gasteiger partial charge in [-0.15, -0.1) is 0 Å². The van der Waals surface area contributed by atoms with Crippen molar-refractivity contribution in [3.8, 4) is 0 Å². The van der Waals surface area contributed by atoms with Crippen LogP contribution in [0.5, 0.6) is 0 Å². The Kier molecular flexibility index (Phi) is 5.76. The van der Waals surface area contributed by atoms with Gasteiger partial charge in [-0.1, -0.05) is 36.8 Å². The van der Waals surface area contributed by atoms with E-state index < -0.39 is 16.1 Å². The average Bonchev–Trinajstić information content (AvgIpc) is 3.01. The molecule has 1 fully saturated rings. The summed E-state index contributed by atoms with van der Waals surface area (Å²) < 4.78 is 28.3. The third-order valence-corrected chi connectivity index (χ3v) is 8.30. The number of amides is 1. The molecule has 172 valence electrons. The normalized spacial score (nSPS) is 19.8. The molecule has 1 saturated heterocycles. The molecule has 5 rings (SSSR count). The number of aromatic nitrogens is 2. The summed E-state index contributed by atoms with van der Waals surface area (Å²) in [5.41, 5.74) is 1.48. The molecule has 2 aliphatic heterocycles. The number of benzene rings is 2. The van der Waals surface area contributed by atoms with Crippen LogP contribution in [0.4, 0.5) is 11.6 Å². The number of piperidine rings is 1. The molecule has 0 aliphatic carbocycles. The molecular weight excluding hydrogens is 438 g/mol. The molecule has 0 bridgehead atoms. The lowest BCUT2D eigenvalue weighted by Gasteiger charge is -2.36. The molecule has 1 amide bonds. The monoisotopic (exact) mass is 465 g/mol. The molecule has 0 radical (unpaired) electrons. The van der Waals surface area contributed by atoms with Crippen molar-refractivity contribution in [2.75, 3.05) is 36.5 Å². The average molecular weight is 466 g/mol. The zero-order valence-electron chi connectivity index (χ0n) is 18.6. The van der Waals surface area contributed by atoms with Crippen LogP contribution in [0.1, 0.15) is 25.7 Å². The van der Waals surface area contributed by atoms with E-state index >= 15 is 0 Å². The number of fused-ring (bicyclic) bond motifs is 2. The number of nitrogens with zero attached hydrogens (tertiary/aromatic N) is 5. The van der Waals surface area contributed by atoms with Crippen molar-refractivity contribution in [1.29, 1.82) is 0 Å². The number of rotatable bonds is 3. The first-order valence-electron chi connectivity index (χ1n) is 11.3. The molecular formula is C24H27N5O3S. The first kappa shape index (κ1) is 21.8. The van der Waals surface area contributed by atoms with E-state index in [2.05, 4.69) is 0 Å². The van der Waals surface area contributed by atoms with E-state index in [9.17, 15) is 13.2 Å². The maximum absolute atomic E-state index is 13.9. The summed E-state index contributed by atoms with van der Waals surface area (Å²) >= 11 is 0. The van der Waals surface area contributed by atoms with Gasteiger partial charge in [0.2, 0.25) is 15.9 Å². The number of anilines is 2. The van der Waals surface area contributed by atoms with E-state index in [4.69, 9.17) is 9.97 Å². The standard InChI is InChI=1S/C24H27N5O3S/c1-27-15-9-16-28(23-22(27)25-19-12-5-6-13-20(19)26-23)24(30)21-14-7-8-17-29(21)33(31,32)18-10-3-2-4-11-18/h2-6,10-13,21H,7-9,14-17H2,1H3. The smallest absolute Gasteiger partial charge is 0.246 e. The van der Waals surface area contributed by atoms with Gasteiger partial charge in [-0.3, -0.25) is 9.69 Å². The Morgan fingerprint density at radius 2 is 1.52 bits per heavy atom. The van der Waals surface area contributed by atoms with Crippen molar-refractivity contribution in [2.45, 2.75) is 36.6 Å². The molecule has 3 aromatic rings. The zero-order chi connectivity index (χ0) is 23.0. The Labute approximate surface area is 193 Å².